The summed E-state index contributed by atoms with van der Waals surface area (Å²) in [5.41, 5.74) is 0.519. The van der Waals surface area contributed by atoms with Crippen LogP contribution in [-0.2, 0) is 4.79 Å². The molecule has 52 valence electrons. The van der Waals surface area contributed by atoms with Crippen molar-refractivity contribution in [1.82, 2.24) is 0 Å². The third-order valence-corrected chi connectivity index (χ3v) is 0.987. The molecule has 0 amide bonds. The van der Waals surface area contributed by atoms with Gasteiger partial charge in [0.25, 0.3) is 0 Å². The van der Waals surface area contributed by atoms with Gasteiger partial charge in [0.2, 0.25) is 0 Å². The number of carbonyl (C=O) groups excluding carboxylic acids is 1. The predicted molar refractivity (Wildman–Crippen MR) is 43.7 cm³/mol. The summed E-state index contributed by atoms with van der Waals surface area (Å²) in [6.07, 6.45) is 5.86. The van der Waals surface area contributed by atoms with Gasteiger partial charge in [0.15, 0.2) is 5.78 Å². The third-order valence-electron chi connectivity index (χ3n) is 0.987. The highest BCUT2D eigenvalue weighted by Crippen LogP contribution is 1.97. The summed E-state index contributed by atoms with van der Waals surface area (Å²) in [4.78, 5) is 10.8. The van der Waals surface area contributed by atoms with E-state index in [1.165, 1.54) is 12.2 Å². The molecule has 0 rings (SSSR count). The van der Waals surface area contributed by atoms with Crippen LogP contribution < -0.4 is 0 Å². The number of allylic oxidation sites excluding steroid dienone is 5. The average molecular weight is 134 g/mol. The summed E-state index contributed by atoms with van der Waals surface area (Å²) in [7, 11) is 0. The summed E-state index contributed by atoms with van der Waals surface area (Å²) in [5.74, 6) is -0.130. The second-order valence-corrected chi connectivity index (χ2v) is 1.63. The van der Waals surface area contributed by atoms with E-state index in [1.807, 2.05) is 0 Å². The van der Waals surface area contributed by atoms with Crippen LogP contribution in [0, 0.1) is 0 Å². The minimum atomic E-state index is -0.130. The summed E-state index contributed by atoms with van der Waals surface area (Å²) in [6.45, 7) is 10.3. The maximum absolute atomic E-state index is 10.8. The lowest BCUT2D eigenvalue weighted by Gasteiger charge is -1.90. The third kappa shape index (κ3) is 2.27. The fourth-order valence-corrected chi connectivity index (χ4v) is 0.496. The highest BCUT2D eigenvalue weighted by Gasteiger charge is 1.96. The lowest BCUT2D eigenvalue weighted by atomic mass is 10.1. The lowest BCUT2D eigenvalue weighted by Crippen LogP contribution is -1.93. The van der Waals surface area contributed by atoms with Crippen LogP contribution in [-0.4, -0.2) is 5.78 Å². The Morgan fingerprint density at radius 3 is 2.00 bits per heavy atom. The molecule has 0 N–H and O–H groups in total. The smallest absolute Gasteiger partial charge is 0.185 e. The van der Waals surface area contributed by atoms with Crippen LogP contribution in [0.2, 0.25) is 0 Å². The van der Waals surface area contributed by atoms with Crippen LogP contribution in [0.5, 0.6) is 0 Å². The van der Waals surface area contributed by atoms with Gasteiger partial charge in [-0.2, -0.15) is 0 Å². The minimum Gasteiger partial charge on any atom is -0.289 e. The van der Waals surface area contributed by atoms with Gasteiger partial charge in [-0.25, -0.2) is 0 Å². The standard InChI is InChI=1S/C9H10O/c1-4-7-8(5-2)9(10)6-3/h4-7H,1-3H2. The van der Waals surface area contributed by atoms with Gasteiger partial charge in [-0.3, -0.25) is 4.79 Å². The van der Waals surface area contributed by atoms with Gasteiger partial charge < -0.3 is 0 Å². The zero-order valence-electron chi connectivity index (χ0n) is 5.84. The molecule has 0 spiro atoms. The number of rotatable bonds is 4. The Bertz CT molecular complexity index is 197. The van der Waals surface area contributed by atoms with E-state index in [1.54, 1.807) is 12.2 Å². The van der Waals surface area contributed by atoms with Crippen molar-refractivity contribution in [2.75, 3.05) is 0 Å². The van der Waals surface area contributed by atoms with Crippen molar-refractivity contribution < 1.29 is 4.79 Å². The molecular formula is C9H10O. The van der Waals surface area contributed by atoms with Gasteiger partial charge in [-0.1, -0.05) is 38.0 Å². The summed E-state index contributed by atoms with van der Waals surface area (Å²) < 4.78 is 0. The van der Waals surface area contributed by atoms with Gasteiger partial charge in [-0.15, -0.1) is 0 Å². The summed E-state index contributed by atoms with van der Waals surface area (Å²) >= 11 is 0. The molecule has 10 heavy (non-hydrogen) atoms. The molecule has 0 fully saturated rings. The molecule has 0 aliphatic heterocycles. The molecule has 0 bridgehead atoms. The largest absolute Gasteiger partial charge is 0.289 e. The SMILES string of the molecule is C=CC=C(C=C)C(=O)C=C. The molecule has 1 heteroatoms. The summed E-state index contributed by atoms with van der Waals surface area (Å²) in [5, 5.41) is 0. The Morgan fingerprint density at radius 1 is 1.10 bits per heavy atom. The summed E-state index contributed by atoms with van der Waals surface area (Å²) in [6, 6.07) is 0. The molecule has 0 aliphatic carbocycles. The highest BCUT2D eigenvalue weighted by atomic mass is 16.1. The lowest BCUT2D eigenvalue weighted by molar-refractivity contribution is -0.111. The first-order valence-corrected chi connectivity index (χ1v) is 2.88. The number of hydrogen-bond acceptors (Lipinski definition) is 1. The predicted octanol–water partition coefficient (Wildman–Crippen LogP) is 2.04. The van der Waals surface area contributed by atoms with E-state index < -0.39 is 0 Å². The van der Waals surface area contributed by atoms with Crippen molar-refractivity contribution in [3.05, 3.63) is 49.6 Å². The van der Waals surface area contributed by atoms with E-state index in [4.69, 9.17) is 0 Å². The van der Waals surface area contributed by atoms with Gasteiger partial charge in [0.1, 0.15) is 0 Å². The van der Waals surface area contributed by atoms with E-state index in [9.17, 15) is 4.79 Å². The maximum atomic E-state index is 10.8. The molecule has 0 aromatic carbocycles. The van der Waals surface area contributed by atoms with Crippen molar-refractivity contribution in [1.29, 1.82) is 0 Å². The number of carbonyl (C=O) groups is 1. The van der Waals surface area contributed by atoms with Crippen LogP contribution in [0.1, 0.15) is 0 Å². The Morgan fingerprint density at radius 2 is 1.70 bits per heavy atom. The molecular weight excluding hydrogens is 124 g/mol. The van der Waals surface area contributed by atoms with Gasteiger partial charge in [-0.05, 0) is 6.08 Å². The molecule has 1 nitrogen and oxygen atoms in total. The second kappa shape index (κ2) is 4.50. The van der Waals surface area contributed by atoms with Crippen LogP contribution >= 0.6 is 0 Å². The first kappa shape index (κ1) is 8.63. The second-order valence-electron chi connectivity index (χ2n) is 1.63. The monoisotopic (exact) mass is 134 g/mol. The molecule has 0 aromatic rings. The highest BCUT2D eigenvalue weighted by molar-refractivity contribution is 6.05. The van der Waals surface area contributed by atoms with Crippen LogP contribution in [0.15, 0.2) is 49.6 Å². The Labute approximate surface area is 61.1 Å². The zero-order chi connectivity index (χ0) is 7.98. The molecule has 0 atom stereocenters. The number of hydrogen-bond donors (Lipinski definition) is 0. The molecule has 0 saturated heterocycles. The first-order chi connectivity index (χ1) is 4.76. The van der Waals surface area contributed by atoms with Crippen molar-refractivity contribution in [3.8, 4) is 0 Å². The first-order valence-electron chi connectivity index (χ1n) is 2.88. The minimum absolute atomic E-state index is 0.130. The van der Waals surface area contributed by atoms with Crippen LogP contribution in [0.3, 0.4) is 0 Å². The van der Waals surface area contributed by atoms with E-state index in [0.717, 1.165) is 0 Å². The van der Waals surface area contributed by atoms with Crippen LogP contribution in [0.25, 0.3) is 0 Å². The molecule has 0 heterocycles. The Hall–Kier alpha value is -1.37. The van der Waals surface area contributed by atoms with Crippen LogP contribution in [0.4, 0.5) is 0 Å². The van der Waals surface area contributed by atoms with Crippen molar-refractivity contribution >= 4 is 5.78 Å². The quantitative estimate of drug-likeness (QED) is 0.424. The topological polar surface area (TPSA) is 17.1 Å². The van der Waals surface area contributed by atoms with E-state index in [-0.39, 0.29) is 5.78 Å². The normalized spacial score (nSPS) is 10.2. The average Bonchev–Trinajstić information content (AvgIpc) is 1.99. The van der Waals surface area contributed by atoms with Gasteiger partial charge >= 0.3 is 0 Å². The fraction of sp³-hybridized carbons (Fsp3) is 0. The van der Waals surface area contributed by atoms with Crippen molar-refractivity contribution in [3.63, 3.8) is 0 Å². The Kier molecular flexibility index (Phi) is 3.89. The van der Waals surface area contributed by atoms with Crippen molar-refractivity contribution in [2.45, 2.75) is 0 Å². The van der Waals surface area contributed by atoms with E-state index >= 15 is 0 Å². The number of ketones is 1. The molecule has 0 unspecified atom stereocenters. The molecule has 0 aliphatic rings. The van der Waals surface area contributed by atoms with Gasteiger partial charge in [0, 0.05) is 5.57 Å². The molecule has 0 aromatic heterocycles. The van der Waals surface area contributed by atoms with Crippen molar-refractivity contribution in [2.24, 2.45) is 0 Å². The maximum Gasteiger partial charge on any atom is 0.185 e. The zero-order valence-corrected chi connectivity index (χ0v) is 5.84. The van der Waals surface area contributed by atoms with E-state index in [2.05, 4.69) is 19.7 Å². The van der Waals surface area contributed by atoms with E-state index in [0.29, 0.717) is 5.57 Å². The van der Waals surface area contributed by atoms with Gasteiger partial charge in [0.05, 0.1) is 0 Å². The molecule has 0 radical (unpaired) electrons. The fourth-order valence-electron chi connectivity index (χ4n) is 0.496. The Balaban J connectivity index is 4.49. The molecule has 0 saturated carbocycles.